The van der Waals surface area contributed by atoms with Crippen molar-refractivity contribution >= 4 is 34.7 Å². The normalized spacial score (nSPS) is 14.8. The molecule has 1 unspecified atom stereocenters. The predicted octanol–water partition coefficient (Wildman–Crippen LogP) is 6.20. The van der Waals surface area contributed by atoms with Crippen LogP contribution in [0.2, 0.25) is 0 Å². The van der Waals surface area contributed by atoms with E-state index in [0.29, 0.717) is 47.2 Å². The van der Waals surface area contributed by atoms with Crippen molar-refractivity contribution in [3.05, 3.63) is 89.4 Å². The lowest BCUT2D eigenvalue weighted by Gasteiger charge is -2.26. The number of nitrogens with zero attached hydrogens (tertiary/aromatic N) is 2. The number of carbonyl (C=O) groups excluding carboxylic acids is 1. The molecular weight excluding hydrogens is 489 g/mol. The van der Waals surface area contributed by atoms with E-state index in [-0.39, 0.29) is 24.2 Å². The van der Waals surface area contributed by atoms with Gasteiger partial charge in [0.15, 0.2) is 0 Å². The fourth-order valence-electron chi connectivity index (χ4n) is 4.55. The summed E-state index contributed by atoms with van der Waals surface area (Å²) >= 11 is 1.81. The van der Waals surface area contributed by atoms with Crippen LogP contribution >= 0.6 is 11.8 Å². The van der Waals surface area contributed by atoms with Crippen molar-refractivity contribution in [2.75, 3.05) is 5.75 Å². The first-order valence-corrected chi connectivity index (χ1v) is 13.3. The predicted molar refractivity (Wildman–Crippen MR) is 142 cm³/mol. The monoisotopic (exact) mass is 515 g/mol. The van der Waals surface area contributed by atoms with E-state index < -0.39 is 5.97 Å². The molecule has 5 rings (SSSR count). The zero-order valence-corrected chi connectivity index (χ0v) is 20.9. The van der Waals surface area contributed by atoms with Gasteiger partial charge in [-0.25, -0.2) is 14.4 Å². The maximum atomic E-state index is 13.5. The number of fused-ring (bicyclic) bond motifs is 2. The molecule has 4 aromatic rings. The lowest BCUT2D eigenvalue weighted by molar-refractivity contribution is -0.137. The summed E-state index contributed by atoms with van der Waals surface area (Å²) in [6.45, 7) is 0. The Hall–Kier alpha value is -3.78. The molecule has 6 nitrogen and oxygen atoms in total. The Labute approximate surface area is 218 Å². The van der Waals surface area contributed by atoms with Crippen LogP contribution in [0.3, 0.4) is 0 Å². The Balaban J connectivity index is 1.43. The first-order valence-electron chi connectivity index (χ1n) is 12.3. The van der Waals surface area contributed by atoms with Crippen LogP contribution in [0, 0.1) is 5.82 Å². The third kappa shape index (κ3) is 5.80. The molecule has 0 aliphatic carbocycles. The van der Waals surface area contributed by atoms with E-state index >= 15 is 0 Å². The van der Waals surface area contributed by atoms with Gasteiger partial charge in [0, 0.05) is 28.2 Å². The molecule has 1 amide bonds. The van der Waals surface area contributed by atoms with E-state index in [2.05, 4.69) is 17.4 Å². The zero-order chi connectivity index (χ0) is 25.8. The third-order valence-electron chi connectivity index (χ3n) is 6.43. The number of aromatic nitrogens is 2. The van der Waals surface area contributed by atoms with Gasteiger partial charge in [0.1, 0.15) is 5.82 Å². The number of carboxylic acids is 1. The molecule has 188 valence electrons. The molecular formula is C29H26FN3O3S. The number of hydrogen-bond acceptors (Lipinski definition) is 5. The van der Waals surface area contributed by atoms with Crippen LogP contribution in [0.4, 0.5) is 4.39 Å². The highest BCUT2D eigenvalue weighted by atomic mass is 32.2. The second-order valence-corrected chi connectivity index (χ2v) is 10.2. The number of rotatable bonds is 8. The summed E-state index contributed by atoms with van der Waals surface area (Å²) in [5, 5.41) is 12.1. The number of aliphatic carboxylic acids is 1. The highest BCUT2D eigenvalue weighted by Crippen LogP contribution is 2.36. The average molecular weight is 516 g/mol. The standard InChI is InChI=1S/C29H26FN3O3S/c30-20-12-9-18(10-13-20)28-24(6-2-4-8-27(34)35)31-25-17-19(11-14-23(25)32-28)29(36)33-22-15-16-37-26-7-3-1-5-21(22)26/h1,3,5,7,9-14,17,22H,2,4,6,8,15-16H2,(H,33,36)(H,34,35). The van der Waals surface area contributed by atoms with E-state index in [1.165, 1.54) is 17.0 Å². The average Bonchev–Trinajstić information content (AvgIpc) is 2.91. The van der Waals surface area contributed by atoms with Crippen LogP contribution in [-0.2, 0) is 11.2 Å². The Morgan fingerprint density at radius 2 is 1.81 bits per heavy atom. The minimum atomic E-state index is -0.835. The number of thioether (sulfide) groups is 1. The number of amides is 1. The molecule has 1 atom stereocenters. The molecule has 0 radical (unpaired) electrons. The summed E-state index contributed by atoms with van der Waals surface area (Å²) in [5.74, 6) is -0.391. The second-order valence-electron chi connectivity index (χ2n) is 9.03. The summed E-state index contributed by atoms with van der Waals surface area (Å²) in [6.07, 6.45) is 2.61. The molecule has 0 saturated carbocycles. The third-order valence-corrected chi connectivity index (χ3v) is 7.56. The number of aryl methyl sites for hydroxylation is 1. The highest BCUT2D eigenvalue weighted by Gasteiger charge is 2.23. The number of carbonyl (C=O) groups is 2. The summed E-state index contributed by atoms with van der Waals surface area (Å²) in [7, 11) is 0. The first-order chi connectivity index (χ1) is 18.0. The van der Waals surface area contributed by atoms with Crippen LogP contribution < -0.4 is 5.32 Å². The van der Waals surface area contributed by atoms with E-state index in [1.54, 1.807) is 42.1 Å². The van der Waals surface area contributed by atoms with Crippen LogP contribution in [0.15, 0.2) is 71.6 Å². The highest BCUT2D eigenvalue weighted by molar-refractivity contribution is 7.99. The number of nitrogens with one attached hydrogen (secondary N) is 1. The van der Waals surface area contributed by atoms with Crippen LogP contribution in [0.1, 0.15) is 53.3 Å². The van der Waals surface area contributed by atoms with Gasteiger partial charge >= 0.3 is 5.97 Å². The fourth-order valence-corrected chi connectivity index (χ4v) is 5.67. The lowest BCUT2D eigenvalue weighted by Crippen LogP contribution is -2.30. The minimum absolute atomic E-state index is 0.0441. The van der Waals surface area contributed by atoms with E-state index in [9.17, 15) is 14.0 Å². The van der Waals surface area contributed by atoms with Crippen molar-refractivity contribution < 1.29 is 19.1 Å². The van der Waals surface area contributed by atoms with Crippen LogP contribution in [0.25, 0.3) is 22.3 Å². The maximum absolute atomic E-state index is 13.5. The Morgan fingerprint density at radius 1 is 1.00 bits per heavy atom. The molecule has 0 saturated heterocycles. The van der Waals surface area contributed by atoms with Crippen molar-refractivity contribution in [2.24, 2.45) is 0 Å². The first kappa shape index (κ1) is 24.9. The van der Waals surface area contributed by atoms with Crippen molar-refractivity contribution in [3.63, 3.8) is 0 Å². The van der Waals surface area contributed by atoms with Gasteiger partial charge in [0.05, 0.1) is 28.5 Å². The molecule has 0 spiro atoms. The number of hydrogen-bond donors (Lipinski definition) is 2. The molecule has 0 bridgehead atoms. The molecule has 8 heteroatoms. The summed E-state index contributed by atoms with van der Waals surface area (Å²) < 4.78 is 13.5. The zero-order valence-electron chi connectivity index (χ0n) is 20.1. The SMILES string of the molecule is O=C(O)CCCCc1nc2cc(C(=O)NC3CCSc4ccccc43)ccc2nc1-c1ccc(F)cc1. The van der Waals surface area contributed by atoms with E-state index in [4.69, 9.17) is 15.1 Å². The summed E-state index contributed by atoms with van der Waals surface area (Å²) in [6, 6.07) is 19.5. The quantitative estimate of drug-likeness (QED) is 0.272. The van der Waals surface area contributed by atoms with Gasteiger partial charge in [0.2, 0.25) is 0 Å². The van der Waals surface area contributed by atoms with Crippen LogP contribution in [0.5, 0.6) is 0 Å². The van der Waals surface area contributed by atoms with Crippen molar-refractivity contribution in [1.29, 1.82) is 0 Å². The number of unbranched alkanes of at least 4 members (excludes halogenated alkanes) is 1. The Kier molecular flexibility index (Phi) is 7.46. The fraction of sp³-hybridized carbons (Fsp3) is 0.241. The Bertz CT molecular complexity index is 1460. The van der Waals surface area contributed by atoms with Gasteiger partial charge in [-0.2, -0.15) is 0 Å². The summed E-state index contributed by atoms with van der Waals surface area (Å²) in [4.78, 5) is 34.9. The number of benzene rings is 3. The van der Waals surface area contributed by atoms with Gasteiger partial charge in [-0.15, -0.1) is 11.8 Å². The molecule has 2 heterocycles. The van der Waals surface area contributed by atoms with Crippen molar-refractivity contribution in [1.82, 2.24) is 15.3 Å². The van der Waals surface area contributed by atoms with Crippen molar-refractivity contribution in [3.8, 4) is 11.3 Å². The van der Waals surface area contributed by atoms with Crippen LogP contribution in [-0.4, -0.2) is 32.7 Å². The summed E-state index contributed by atoms with van der Waals surface area (Å²) in [5.41, 5.74) is 4.93. The van der Waals surface area contributed by atoms with Crippen molar-refractivity contribution in [2.45, 2.75) is 43.0 Å². The molecule has 3 aromatic carbocycles. The topological polar surface area (TPSA) is 92.2 Å². The van der Waals surface area contributed by atoms with E-state index in [1.807, 2.05) is 12.1 Å². The van der Waals surface area contributed by atoms with Gasteiger partial charge in [0.25, 0.3) is 5.91 Å². The van der Waals surface area contributed by atoms with Gasteiger partial charge in [-0.1, -0.05) is 18.2 Å². The van der Waals surface area contributed by atoms with E-state index in [0.717, 1.165) is 23.3 Å². The number of carboxylic acid groups (broad SMARTS) is 1. The lowest BCUT2D eigenvalue weighted by atomic mass is 10.0. The molecule has 2 N–H and O–H groups in total. The molecule has 1 aliphatic rings. The molecule has 1 aromatic heterocycles. The van der Waals surface area contributed by atoms with Gasteiger partial charge in [-0.05, 0) is 79.8 Å². The van der Waals surface area contributed by atoms with Gasteiger partial charge in [-0.3, -0.25) is 9.59 Å². The maximum Gasteiger partial charge on any atom is 0.303 e. The van der Waals surface area contributed by atoms with Gasteiger partial charge < -0.3 is 10.4 Å². The number of halogens is 1. The second kappa shape index (κ2) is 11.1. The molecule has 1 aliphatic heterocycles. The minimum Gasteiger partial charge on any atom is -0.481 e. The Morgan fingerprint density at radius 3 is 2.62 bits per heavy atom. The smallest absolute Gasteiger partial charge is 0.303 e. The molecule has 37 heavy (non-hydrogen) atoms. The molecule has 0 fully saturated rings. The largest absolute Gasteiger partial charge is 0.481 e.